The molecule has 1 aliphatic carbocycles. The molecule has 4 rings (SSSR count). The second-order valence-electron chi connectivity index (χ2n) is 7.59. The molecule has 0 amide bonds. The van der Waals surface area contributed by atoms with E-state index >= 15 is 0 Å². The number of aryl methyl sites for hydroxylation is 2. The molecule has 3 aromatic rings. The van der Waals surface area contributed by atoms with Crippen molar-refractivity contribution in [3.8, 4) is 17.5 Å². The van der Waals surface area contributed by atoms with Crippen molar-refractivity contribution in [3.63, 3.8) is 0 Å². The molecule has 2 heterocycles. The lowest BCUT2D eigenvalue weighted by Gasteiger charge is -2.22. The topological polar surface area (TPSA) is 79.4 Å². The average Bonchev–Trinajstić information content (AvgIpc) is 3.08. The summed E-state index contributed by atoms with van der Waals surface area (Å²) >= 11 is 0. The molecule has 1 aliphatic rings. The van der Waals surface area contributed by atoms with Gasteiger partial charge >= 0.3 is 0 Å². The molecular formula is C22H26N6. The fourth-order valence-corrected chi connectivity index (χ4v) is 4.06. The molecule has 0 atom stereocenters. The standard InChI is InChI=1S/C22H26N6/c1-3-18-19-21(24-14-16-7-5-4-6-8-16)25-20(26-22(19)28(2)27-18)17-11-9-15(13-23)10-12-17/h9-12,16H,3-8,14H2,1-2H3,(H,24,25,26). The molecule has 1 saturated carbocycles. The number of hydrogen-bond donors (Lipinski definition) is 1. The monoisotopic (exact) mass is 374 g/mol. The molecule has 0 unspecified atom stereocenters. The van der Waals surface area contributed by atoms with Gasteiger partial charge in [-0.05, 0) is 49.4 Å². The Morgan fingerprint density at radius 3 is 2.57 bits per heavy atom. The molecule has 0 radical (unpaired) electrons. The highest BCUT2D eigenvalue weighted by atomic mass is 15.3. The van der Waals surface area contributed by atoms with Crippen molar-refractivity contribution in [1.82, 2.24) is 19.7 Å². The molecule has 1 fully saturated rings. The van der Waals surface area contributed by atoms with Crippen LogP contribution in [0.4, 0.5) is 5.82 Å². The van der Waals surface area contributed by atoms with Crippen molar-refractivity contribution in [2.24, 2.45) is 13.0 Å². The number of nitriles is 1. The van der Waals surface area contributed by atoms with Crippen molar-refractivity contribution < 1.29 is 0 Å². The van der Waals surface area contributed by atoms with Gasteiger partial charge in [-0.2, -0.15) is 10.4 Å². The Balaban J connectivity index is 1.74. The number of benzene rings is 1. The lowest BCUT2D eigenvalue weighted by molar-refractivity contribution is 0.373. The summed E-state index contributed by atoms with van der Waals surface area (Å²) in [6.45, 7) is 3.05. The van der Waals surface area contributed by atoms with E-state index in [2.05, 4.69) is 23.4 Å². The van der Waals surface area contributed by atoms with Crippen LogP contribution >= 0.6 is 0 Å². The van der Waals surface area contributed by atoms with Crippen molar-refractivity contribution in [3.05, 3.63) is 35.5 Å². The quantitative estimate of drug-likeness (QED) is 0.713. The highest BCUT2D eigenvalue weighted by Crippen LogP contribution is 2.29. The van der Waals surface area contributed by atoms with E-state index in [1.54, 1.807) is 12.1 Å². The SMILES string of the molecule is CCc1nn(C)c2nc(-c3ccc(C#N)cc3)nc(NCC3CCCCC3)c12. The summed E-state index contributed by atoms with van der Waals surface area (Å²) in [4.78, 5) is 9.67. The molecule has 2 aromatic heterocycles. The Morgan fingerprint density at radius 2 is 1.89 bits per heavy atom. The molecule has 6 nitrogen and oxygen atoms in total. The van der Waals surface area contributed by atoms with Crippen molar-refractivity contribution in [1.29, 1.82) is 5.26 Å². The van der Waals surface area contributed by atoms with E-state index in [1.807, 2.05) is 23.9 Å². The van der Waals surface area contributed by atoms with Crippen LogP contribution in [-0.2, 0) is 13.5 Å². The molecule has 0 spiro atoms. The third-order valence-electron chi connectivity index (χ3n) is 5.65. The maximum Gasteiger partial charge on any atom is 0.164 e. The Kier molecular flexibility index (Phi) is 5.25. The number of rotatable bonds is 5. The van der Waals surface area contributed by atoms with Gasteiger partial charge in [0.15, 0.2) is 11.5 Å². The smallest absolute Gasteiger partial charge is 0.164 e. The molecule has 0 aliphatic heterocycles. The third-order valence-corrected chi connectivity index (χ3v) is 5.65. The summed E-state index contributed by atoms with van der Waals surface area (Å²) < 4.78 is 1.84. The second kappa shape index (κ2) is 7.97. The summed E-state index contributed by atoms with van der Waals surface area (Å²) in [6.07, 6.45) is 7.44. The van der Waals surface area contributed by atoms with E-state index < -0.39 is 0 Å². The van der Waals surface area contributed by atoms with Gasteiger partial charge in [0.25, 0.3) is 0 Å². The Hall–Kier alpha value is -2.94. The van der Waals surface area contributed by atoms with Crippen LogP contribution < -0.4 is 5.32 Å². The summed E-state index contributed by atoms with van der Waals surface area (Å²) in [6, 6.07) is 9.57. The van der Waals surface area contributed by atoms with E-state index in [1.165, 1.54) is 32.1 Å². The zero-order chi connectivity index (χ0) is 19.5. The number of anilines is 1. The van der Waals surface area contributed by atoms with Crippen LogP contribution in [0.5, 0.6) is 0 Å². The van der Waals surface area contributed by atoms with Gasteiger partial charge in [-0.3, -0.25) is 0 Å². The fourth-order valence-electron chi connectivity index (χ4n) is 4.06. The highest BCUT2D eigenvalue weighted by Gasteiger charge is 2.19. The van der Waals surface area contributed by atoms with E-state index in [0.717, 1.165) is 41.1 Å². The van der Waals surface area contributed by atoms with Crippen LogP contribution in [0.15, 0.2) is 24.3 Å². The van der Waals surface area contributed by atoms with E-state index in [0.29, 0.717) is 17.3 Å². The number of hydrogen-bond acceptors (Lipinski definition) is 5. The van der Waals surface area contributed by atoms with E-state index in [-0.39, 0.29) is 0 Å². The number of nitrogens with one attached hydrogen (secondary N) is 1. The normalized spacial score (nSPS) is 14.9. The molecule has 144 valence electrons. The van der Waals surface area contributed by atoms with Crippen LogP contribution in [0, 0.1) is 17.2 Å². The minimum Gasteiger partial charge on any atom is -0.369 e. The highest BCUT2D eigenvalue weighted by molar-refractivity contribution is 5.91. The van der Waals surface area contributed by atoms with Crippen LogP contribution in [0.25, 0.3) is 22.4 Å². The zero-order valence-electron chi connectivity index (χ0n) is 16.6. The van der Waals surface area contributed by atoms with Gasteiger partial charge in [-0.25, -0.2) is 14.6 Å². The van der Waals surface area contributed by atoms with Gasteiger partial charge in [0.05, 0.1) is 22.7 Å². The largest absolute Gasteiger partial charge is 0.369 e. The number of fused-ring (bicyclic) bond motifs is 1. The van der Waals surface area contributed by atoms with Crippen LogP contribution in [0.2, 0.25) is 0 Å². The van der Waals surface area contributed by atoms with Crippen molar-refractivity contribution in [2.45, 2.75) is 45.4 Å². The molecule has 28 heavy (non-hydrogen) atoms. The van der Waals surface area contributed by atoms with Gasteiger partial charge in [0.1, 0.15) is 5.82 Å². The number of aromatic nitrogens is 4. The summed E-state index contributed by atoms with van der Waals surface area (Å²) in [5, 5.41) is 18.3. The first-order chi connectivity index (χ1) is 13.7. The Labute approximate surface area is 165 Å². The van der Waals surface area contributed by atoms with Crippen LogP contribution in [-0.4, -0.2) is 26.3 Å². The Morgan fingerprint density at radius 1 is 1.14 bits per heavy atom. The molecular weight excluding hydrogens is 348 g/mol. The van der Waals surface area contributed by atoms with Gasteiger partial charge < -0.3 is 5.32 Å². The van der Waals surface area contributed by atoms with Crippen LogP contribution in [0.3, 0.4) is 0 Å². The lowest BCUT2D eigenvalue weighted by Crippen LogP contribution is -2.18. The molecule has 1 N–H and O–H groups in total. The van der Waals surface area contributed by atoms with E-state index in [9.17, 15) is 0 Å². The first kappa shape index (κ1) is 18.4. The van der Waals surface area contributed by atoms with Gasteiger partial charge in [0, 0.05) is 19.2 Å². The van der Waals surface area contributed by atoms with Gasteiger partial charge in [-0.1, -0.05) is 26.2 Å². The first-order valence-corrected chi connectivity index (χ1v) is 10.2. The maximum atomic E-state index is 9.04. The number of nitrogens with zero attached hydrogens (tertiary/aromatic N) is 5. The maximum absolute atomic E-state index is 9.04. The minimum atomic E-state index is 0.634. The molecule has 0 saturated heterocycles. The van der Waals surface area contributed by atoms with E-state index in [4.69, 9.17) is 15.2 Å². The van der Waals surface area contributed by atoms with Crippen LogP contribution in [0.1, 0.15) is 50.3 Å². The predicted octanol–water partition coefficient (Wildman–Crippen LogP) is 4.46. The summed E-state index contributed by atoms with van der Waals surface area (Å²) in [5.74, 6) is 2.24. The van der Waals surface area contributed by atoms with Crippen molar-refractivity contribution in [2.75, 3.05) is 11.9 Å². The zero-order valence-corrected chi connectivity index (χ0v) is 16.6. The average molecular weight is 374 g/mol. The molecule has 1 aromatic carbocycles. The minimum absolute atomic E-state index is 0.634. The first-order valence-electron chi connectivity index (χ1n) is 10.2. The van der Waals surface area contributed by atoms with Gasteiger partial charge in [-0.15, -0.1) is 0 Å². The fraction of sp³-hybridized carbons (Fsp3) is 0.455. The Bertz CT molecular complexity index is 1010. The molecule has 6 heteroatoms. The summed E-state index contributed by atoms with van der Waals surface area (Å²) in [5.41, 5.74) is 3.41. The summed E-state index contributed by atoms with van der Waals surface area (Å²) in [7, 11) is 1.93. The van der Waals surface area contributed by atoms with Crippen molar-refractivity contribution >= 4 is 16.9 Å². The molecule has 0 bridgehead atoms. The van der Waals surface area contributed by atoms with Gasteiger partial charge in [0.2, 0.25) is 0 Å². The predicted molar refractivity (Wildman–Crippen MR) is 111 cm³/mol. The third kappa shape index (κ3) is 3.57. The lowest BCUT2D eigenvalue weighted by atomic mass is 9.89. The second-order valence-corrected chi connectivity index (χ2v) is 7.59.